The van der Waals surface area contributed by atoms with Crippen molar-refractivity contribution < 1.29 is 18.7 Å². The summed E-state index contributed by atoms with van der Waals surface area (Å²) in [6.45, 7) is 7.24. The molecule has 35 heavy (non-hydrogen) atoms. The molecule has 0 spiro atoms. The van der Waals surface area contributed by atoms with Crippen LogP contribution in [-0.4, -0.2) is 17.9 Å². The van der Waals surface area contributed by atoms with Gasteiger partial charge in [-0.05, 0) is 57.7 Å². The lowest BCUT2D eigenvalue weighted by Crippen LogP contribution is -2.37. The summed E-state index contributed by atoms with van der Waals surface area (Å²) in [5.41, 5.74) is 3.49. The molecule has 0 fully saturated rings. The van der Waals surface area contributed by atoms with E-state index in [1.54, 1.807) is 44.2 Å². The number of dihydropyridines is 1. The minimum absolute atomic E-state index is 0.0574. The van der Waals surface area contributed by atoms with Crippen molar-refractivity contribution in [2.75, 3.05) is 0 Å². The van der Waals surface area contributed by atoms with Gasteiger partial charge in [-0.25, -0.2) is 4.79 Å². The van der Waals surface area contributed by atoms with E-state index in [4.69, 9.17) is 9.15 Å². The molecule has 3 heterocycles. The summed E-state index contributed by atoms with van der Waals surface area (Å²) in [5.74, 6) is -1.41. The van der Waals surface area contributed by atoms with Crippen molar-refractivity contribution in [1.82, 2.24) is 5.32 Å². The normalized spacial score (nSPS) is 20.3. The molecule has 1 N–H and O–H groups in total. The van der Waals surface area contributed by atoms with Crippen molar-refractivity contribution in [3.63, 3.8) is 0 Å². The standard InChI is InChI=1S/C28H27NO5S/c1-14(2)34-28(32)24-16(4)29-20-11-17(23-6-5-9-35-23)12-21(30)26(20)25(24)19-13-33-22-8-7-15(3)10-18(22)27(19)31/h5-10,13-14,17,25,29H,11-12H2,1-4H3/t17-,25+/m0/s1. The number of nitrogens with one attached hydrogen (secondary N) is 1. The molecule has 6 nitrogen and oxygen atoms in total. The predicted molar refractivity (Wildman–Crippen MR) is 135 cm³/mol. The first-order valence-corrected chi connectivity index (χ1v) is 12.6. The highest BCUT2D eigenvalue weighted by molar-refractivity contribution is 7.10. The molecule has 2 atom stereocenters. The fourth-order valence-corrected chi connectivity index (χ4v) is 5.91. The van der Waals surface area contributed by atoms with E-state index < -0.39 is 11.9 Å². The molecule has 1 aromatic carbocycles. The monoisotopic (exact) mass is 489 g/mol. The molecule has 2 aromatic heterocycles. The first-order valence-electron chi connectivity index (χ1n) is 11.7. The molecule has 0 unspecified atom stereocenters. The Morgan fingerprint density at radius 2 is 1.97 bits per heavy atom. The largest absolute Gasteiger partial charge is 0.464 e. The molecule has 3 aromatic rings. The van der Waals surface area contributed by atoms with Crippen LogP contribution in [0.4, 0.5) is 0 Å². The Morgan fingerprint density at radius 3 is 2.69 bits per heavy atom. The van der Waals surface area contributed by atoms with Crippen LogP contribution in [0.5, 0.6) is 0 Å². The topological polar surface area (TPSA) is 85.6 Å². The molecular weight excluding hydrogens is 462 g/mol. The first kappa shape index (κ1) is 23.3. The number of hydrogen-bond donors (Lipinski definition) is 1. The van der Waals surface area contributed by atoms with Crippen molar-refractivity contribution >= 4 is 34.1 Å². The zero-order valence-corrected chi connectivity index (χ0v) is 21.0. The quantitative estimate of drug-likeness (QED) is 0.489. The van der Waals surface area contributed by atoms with Crippen molar-refractivity contribution in [1.29, 1.82) is 0 Å². The van der Waals surface area contributed by atoms with E-state index in [2.05, 4.69) is 5.32 Å². The smallest absolute Gasteiger partial charge is 0.337 e. The Bertz CT molecular complexity index is 1460. The van der Waals surface area contributed by atoms with E-state index in [-0.39, 0.29) is 34.4 Å². The minimum atomic E-state index is -0.851. The summed E-state index contributed by atoms with van der Waals surface area (Å²) in [7, 11) is 0. The summed E-state index contributed by atoms with van der Waals surface area (Å²) < 4.78 is 11.4. The lowest BCUT2D eigenvalue weighted by molar-refractivity contribution is -0.143. The van der Waals surface area contributed by atoms with Crippen LogP contribution in [0.25, 0.3) is 11.0 Å². The summed E-state index contributed by atoms with van der Waals surface area (Å²) >= 11 is 1.63. The van der Waals surface area contributed by atoms with Gasteiger partial charge in [-0.2, -0.15) is 0 Å². The highest BCUT2D eigenvalue weighted by atomic mass is 32.1. The average Bonchev–Trinajstić information content (AvgIpc) is 3.33. The van der Waals surface area contributed by atoms with E-state index in [0.717, 1.165) is 16.1 Å². The van der Waals surface area contributed by atoms with Crippen LogP contribution in [0.3, 0.4) is 0 Å². The van der Waals surface area contributed by atoms with Crippen molar-refractivity contribution in [3.8, 4) is 0 Å². The lowest BCUT2D eigenvalue weighted by atomic mass is 9.73. The van der Waals surface area contributed by atoms with Crippen LogP contribution in [0.15, 0.2) is 73.7 Å². The number of fused-ring (bicyclic) bond motifs is 1. The maximum Gasteiger partial charge on any atom is 0.337 e. The SMILES string of the molecule is CC1=C(C(=O)OC(C)C)[C@@H](c2coc3ccc(C)cc3c2=O)C2=C(C[C@H](c3cccs3)CC2=O)N1. The molecule has 0 saturated carbocycles. The third-order valence-corrected chi connectivity index (χ3v) is 7.64. The van der Waals surface area contributed by atoms with Crippen LogP contribution >= 0.6 is 11.3 Å². The molecule has 7 heteroatoms. The second-order valence-electron chi connectivity index (χ2n) is 9.51. The van der Waals surface area contributed by atoms with Gasteiger partial charge in [0.2, 0.25) is 0 Å². The lowest BCUT2D eigenvalue weighted by Gasteiger charge is -2.36. The summed E-state index contributed by atoms with van der Waals surface area (Å²) in [5, 5.41) is 5.76. The van der Waals surface area contributed by atoms with Crippen LogP contribution in [0.2, 0.25) is 0 Å². The van der Waals surface area contributed by atoms with Crippen LogP contribution < -0.4 is 10.7 Å². The number of ether oxygens (including phenoxy) is 1. The predicted octanol–water partition coefficient (Wildman–Crippen LogP) is 5.48. The van der Waals surface area contributed by atoms with Crippen molar-refractivity contribution in [3.05, 3.63) is 90.7 Å². The molecule has 0 bridgehead atoms. The third kappa shape index (κ3) is 4.14. The number of benzene rings is 1. The number of thiophene rings is 1. The molecule has 0 saturated heterocycles. The van der Waals surface area contributed by atoms with Crippen molar-refractivity contribution in [2.24, 2.45) is 0 Å². The number of allylic oxidation sites excluding steroid dienone is 3. The van der Waals surface area contributed by atoms with Gasteiger partial charge in [0.25, 0.3) is 0 Å². The maximum absolute atomic E-state index is 13.7. The minimum Gasteiger partial charge on any atom is -0.464 e. The van der Waals surface area contributed by atoms with Crippen molar-refractivity contribution in [2.45, 2.75) is 58.5 Å². The van der Waals surface area contributed by atoms with Gasteiger partial charge < -0.3 is 14.5 Å². The van der Waals surface area contributed by atoms with Gasteiger partial charge in [0.05, 0.1) is 29.2 Å². The van der Waals surface area contributed by atoms with Gasteiger partial charge in [0, 0.05) is 39.7 Å². The van der Waals surface area contributed by atoms with E-state index in [0.29, 0.717) is 35.1 Å². The number of esters is 1. The highest BCUT2D eigenvalue weighted by Gasteiger charge is 2.43. The first-order chi connectivity index (χ1) is 16.7. The Kier molecular flexibility index (Phi) is 5.97. The van der Waals surface area contributed by atoms with Gasteiger partial charge in [-0.15, -0.1) is 11.3 Å². The second-order valence-corrected chi connectivity index (χ2v) is 10.5. The molecule has 180 valence electrons. The Morgan fingerprint density at radius 1 is 1.17 bits per heavy atom. The molecule has 1 aliphatic heterocycles. The molecule has 0 radical (unpaired) electrons. The third-order valence-electron chi connectivity index (χ3n) is 6.60. The Labute approximate surface area is 207 Å². The summed E-state index contributed by atoms with van der Waals surface area (Å²) in [6.07, 6.45) is 2.00. The number of Topliss-reactive ketones (excluding diaryl/α,β-unsaturated/α-hetero) is 1. The number of carbonyl (C=O) groups is 2. The zero-order valence-electron chi connectivity index (χ0n) is 20.1. The average molecular weight is 490 g/mol. The molecular formula is C28H27NO5S. The van der Waals surface area contributed by atoms with Gasteiger partial charge in [-0.3, -0.25) is 9.59 Å². The van der Waals surface area contributed by atoms with E-state index >= 15 is 0 Å². The number of ketones is 1. The number of rotatable bonds is 4. The number of aryl methyl sites for hydroxylation is 1. The van der Waals surface area contributed by atoms with Crippen LogP contribution in [0, 0.1) is 6.92 Å². The fraction of sp³-hybridized carbons (Fsp3) is 0.321. The molecule has 5 rings (SSSR count). The Balaban J connectivity index is 1.70. The summed E-state index contributed by atoms with van der Waals surface area (Å²) in [4.78, 5) is 41.8. The van der Waals surface area contributed by atoms with Gasteiger partial charge in [0.1, 0.15) is 5.58 Å². The van der Waals surface area contributed by atoms with Crippen LogP contribution in [0.1, 0.15) is 61.5 Å². The van der Waals surface area contributed by atoms with E-state index in [1.807, 2.05) is 30.5 Å². The van der Waals surface area contributed by atoms with Gasteiger partial charge in [-0.1, -0.05) is 17.7 Å². The fourth-order valence-electron chi connectivity index (χ4n) is 5.08. The maximum atomic E-state index is 13.7. The Hall–Kier alpha value is -3.45. The van der Waals surface area contributed by atoms with Crippen LogP contribution in [-0.2, 0) is 14.3 Å². The highest BCUT2D eigenvalue weighted by Crippen LogP contribution is 2.46. The zero-order chi connectivity index (χ0) is 24.9. The summed E-state index contributed by atoms with van der Waals surface area (Å²) in [6, 6.07) is 9.44. The van der Waals surface area contributed by atoms with Gasteiger partial charge in [0.15, 0.2) is 11.2 Å². The second kappa shape index (κ2) is 8.96. The molecule has 0 amide bonds. The number of hydrogen-bond acceptors (Lipinski definition) is 7. The van der Waals surface area contributed by atoms with E-state index in [9.17, 15) is 14.4 Å². The van der Waals surface area contributed by atoms with Gasteiger partial charge >= 0.3 is 5.97 Å². The molecule has 1 aliphatic carbocycles. The molecule has 2 aliphatic rings. The number of carbonyl (C=O) groups excluding carboxylic acids is 2. The van der Waals surface area contributed by atoms with E-state index in [1.165, 1.54) is 6.26 Å².